The van der Waals surface area contributed by atoms with E-state index in [0.717, 1.165) is 23.4 Å². The number of anilines is 6. The molecule has 0 bridgehead atoms. The lowest BCUT2D eigenvalue weighted by Crippen LogP contribution is -2.29. The molecular formula is C29H35F3N10O. The number of aromatic nitrogens is 4. The Bertz CT molecular complexity index is 1590. The molecular weight excluding hydrogens is 561 g/mol. The second kappa shape index (κ2) is 13.0. The fraction of sp³-hybridized carbons (Fsp3) is 0.310. The van der Waals surface area contributed by atoms with Crippen LogP contribution in [0.2, 0.25) is 0 Å². The van der Waals surface area contributed by atoms with Crippen molar-refractivity contribution in [3.05, 3.63) is 71.7 Å². The van der Waals surface area contributed by atoms with Gasteiger partial charge in [0.25, 0.3) is 0 Å². The van der Waals surface area contributed by atoms with Crippen molar-refractivity contribution in [2.45, 2.75) is 20.0 Å². The van der Waals surface area contributed by atoms with E-state index in [1.54, 1.807) is 41.9 Å². The van der Waals surface area contributed by atoms with E-state index in [9.17, 15) is 18.0 Å². The Kier molecular flexibility index (Phi) is 9.39. The number of amides is 2. The lowest BCUT2D eigenvalue weighted by Gasteiger charge is -2.23. The van der Waals surface area contributed by atoms with Crippen LogP contribution in [0.5, 0.6) is 0 Å². The maximum Gasteiger partial charge on any atom is 0.416 e. The van der Waals surface area contributed by atoms with Crippen molar-refractivity contribution in [3.8, 4) is 5.82 Å². The summed E-state index contributed by atoms with van der Waals surface area (Å²) in [4.78, 5) is 25.0. The molecule has 43 heavy (non-hydrogen) atoms. The van der Waals surface area contributed by atoms with Gasteiger partial charge in [-0.2, -0.15) is 23.0 Å². The summed E-state index contributed by atoms with van der Waals surface area (Å²) in [5.74, 6) is 1.82. The Labute approximate surface area is 248 Å². The molecule has 2 heterocycles. The smallest absolute Gasteiger partial charge is 0.373 e. The maximum atomic E-state index is 13.7. The SMILES string of the molecule is CNc1cc(-n2nc(C)cc2Nc2cc(NC(=O)Nc3cc(N(C)CCN(C)C)cc(C(F)(F)F)c3)ccc2C)ncn1. The number of hydrogen-bond donors (Lipinski definition) is 4. The molecule has 4 aromatic rings. The molecule has 0 spiro atoms. The van der Waals surface area contributed by atoms with Gasteiger partial charge in [-0.15, -0.1) is 0 Å². The van der Waals surface area contributed by atoms with Crippen molar-refractivity contribution in [1.29, 1.82) is 0 Å². The summed E-state index contributed by atoms with van der Waals surface area (Å²) < 4.78 is 42.6. The van der Waals surface area contributed by atoms with Crippen molar-refractivity contribution in [2.24, 2.45) is 0 Å². The number of nitrogens with zero attached hydrogens (tertiary/aromatic N) is 6. The summed E-state index contributed by atoms with van der Waals surface area (Å²) in [6, 6.07) is 11.7. The van der Waals surface area contributed by atoms with E-state index in [1.165, 1.54) is 12.4 Å². The van der Waals surface area contributed by atoms with Crippen molar-refractivity contribution in [2.75, 3.05) is 67.4 Å². The highest BCUT2D eigenvalue weighted by atomic mass is 19.4. The summed E-state index contributed by atoms with van der Waals surface area (Å²) in [7, 11) is 7.24. The van der Waals surface area contributed by atoms with Crippen molar-refractivity contribution < 1.29 is 18.0 Å². The lowest BCUT2D eigenvalue weighted by atomic mass is 10.1. The summed E-state index contributed by atoms with van der Waals surface area (Å²) in [5, 5.41) is 16.1. The molecule has 4 N–H and O–H groups in total. The minimum absolute atomic E-state index is 0.0228. The third kappa shape index (κ3) is 8.13. The summed E-state index contributed by atoms with van der Waals surface area (Å²) >= 11 is 0. The number of halogens is 3. The van der Waals surface area contributed by atoms with Gasteiger partial charge >= 0.3 is 12.2 Å². The van der Waals surface area contributed by atoms with Crippen LogP contribution in [0.4, 0.5) is 52.4 Å². The van der Waals surface area contributed by atoms with Gasteiger partial charge < -0.3 is 31.1 Å². The molecule has 14 heteroatoms. The molecule has 2 amide bonds. The molecule has 11 nitrogen and oxygen atoms in total. The lowest BCUT2D eigenvalue weighted by molar-refractivity contribution is -0.137. The number of likely N-dealkylation sites (N-methyl/N-ethyl adjacent to an activating group) is 2. The number of carbonyl (C=O) groups is 1. The summed E-state index contributed by atoms with van der Waals surface area (Å²) in [5.41, 5.74) is 2.27. The number of alkyl halides is 3. The standard InChI is InChI=1S/C29H35F3N10O/c1-18-7-8-21(15-24(18)38-27-11-19(2)39-42(27)26-16-25(33-3)34-17-35-26)36-28(43)37-22-12-20(29(30,31)32)13-23(14-22)41(6)10-9-40(4)5/h7-8,11-17,38H,9-10H2,1-6H3,(H,33,34,35)(H2,36,37,43). The number of nitrogens with one attached hydrogen (secondary N) is 4. The molecule has 4 rings (SSSR count). The Morgan fingerprint density at radius 2 is 1.67 bits per heavy atom. The predicted molar refractivity (Wildman–Crippen MR) is 164 cm³/mol. The monoisotopic (exact) mass is 596 g/mol. The highest BCUT2D eigenvalue weighted by Gasteiger charge is 2.31. The highest BCUT2D eigenvalue weighted by molar-refractivity contribution is 6.00. The van der Waals surface area contributed by atoms with E-state index < -0.39 is 17.8 Å². The molecule has 0 radical (unpaired) electrons. The van der Waals surface area contributed by atoms with Crippen molar-refractivity contribution in [3.63, 3.8) is 0 Å². The van der Waals surface area contributed by atoms with E-state index in [1.807, 2.05) is 45.0 Å². The average molecular weight is 597 g/mol. The van der Waals surface area contributed by atoms with Gasteiger partial charge in [-0.05, 0) is 63.8 Å². The van der Waals surface area contributed by atoms with E-state index in [0.29, 0.717) is 47.6 Å². The number of hydrogen-bond acceptors (Lipinski definition) is 8. The molecule has 0 saturated carbocycles. The van der Waals surface area contributed by atoms with Crippen molar-refractivity contribution in [1.82, 2.24) is 24.6 Å². The van der Waals surface area contributed by atoms with Crippen LogP contribution in [0.1, 0.15) is 16.8 Å². The van der Waals surface area contributed by atoms with Crippen LogP contribution < -0.4 is 26.2 Å². The molecule has 0 aliphatic rings. The zero-order valence-electron chi connectivity index (χ0n) is 24.8. The fourth-order valence-electron chi connectivity index (χ4n) is 4.18. The van der Waals surface area contributed by atoms with E-state index in [-0.39, 0.29) is 5.69 Å². The molecule has 2 aromatic carbocycles. The van der Waals surface area contributed by atoms with E-state index in [2.05, 4.69) is 36.3 Å². The zero-order valence-corrected chi connectivity index (χ0v) is 24.8. The second-order valence-electron chi connectivity index (χ2n) is 10.3. The molecule has 0 atom stereocenters. The van der Waals surface area contributed by atoms with Crippen LogP contribution in [-0.4, -0.2) is 72.0 Å². The first kappa shape index (κ1) is 31.1. The Hall–Kier alpha value is -4.85. The number of aryl methyl sites for hydroxylation is 2. The van der Waals surface area contributed by atoms with Gasteiger partial charge in [-0.25, -0.2) is 14.8 Å². The minimum atomic E-state index is -4.58. The molecule has 0 unspecified atom stereocenters. The highest BCUT2D eigenvalue weighted by Crippen LogP contribution is 2.34. The van der Waals surface area contributed by atoms with Gasteiger partial charge in [-0.3, -0.25) is 0 Å². The van der Waals surface area contributed by atoms with Crippen LogP contribution in [-0.2, 0) is 6.18 Å². The second-order valence-corrected chi connectivity index (χ2v) is 10.3. The van der Waals surface area contributed by atoms with Crippen LogP contribution in [0.3, 0.4) is 0 Å². The maximum absolute atomic E-state index is 13.7. The quantitative estimate of drug-likeness (QED) is 0.184. The molecule has 0 saturated heterocycles. The van der Waals surface area contributed by atoms with Gasteiger partial charge in [-0.1, -0.05) is 6.07 Å². The number of rotatable bonds is 10. The third-order valence-corrected chi connectivity index (χ3v) is 6.54. The molecule has 228 valence electrons. The number of carbonyl (C=O) groups excluding carboxylic acids is 1. The Morgan fingerprint density at radius 3 is 2.37 bits per heavy atom. The predicted octanol–water partition coefficient (Wildman–Crippen LogP) is 5.73. The van der Waals surface area contributed by atoms with Crippen LogP contribution in [0, 0.1) is 13.8 Å². The zero-order chi connectivity index (χ0) is 31.3. The Morgan fingerprint density at radius 1 is 0.930 bits per heavy atom. The van der Waals surface area contributed by atoms with Crippen LogP contribution in [0.25, 0.3) is 5.82 Å². The van der Waals surface area contributed by atoms with Crippen molar-refractivity contribution >= 4 is 40.4 Å². The summed E-state index contributed by atoms with van der Waals surface area (Å²) in [6.07, 6.45) is -3.14. The molecule has 0 fully saturated rings. The van der Waals surface area contributed by atoms with Crippen LogP contribution >= 0.6 is 0 Å². The molecule has 0 aliphatic carbocycles. The van der Waals surface area contributed by atoms with Gasteiger partial charge in [0.15, 0.2) is 5.82 Å². The van der Waals surface area contributed by atoms with Gasteiger partial charge in [0, 0.05) is 62.1 Å². The average Bonchev–Trinajstić information content (AvgIpc) is 3.32. The third-order valence-electron chi connectivity index (χ3n) is 6.54. The topological polar surface area (TPSA) is 115 Å². The Balaban J connectivity index is 1.53. The first-order valence-corrected chi connectivity index (χ1v) is 13.4. The summed E-state index contributed by atoms with van der Waals surface area (Å²) in [6.45, 7) is 4.92. The number of benzene rings is 2. The normalized spacial score (nSPS) is 11.4. The largest absolute Gasteiger partial charge is 0.416 e. The molecule has 0 aliphatic heterocycles. The van der Waals surface area contributed by atoms with E-state index in [4.69, 9.17) is 0 Å². The van der Waals surface area contributed by atoms with Crippen LogP contribution in [0.15, 0.2) is 54.9 Å². The first-order chi connectivity index (χ1) is 20.3. The van der Waals surface area contributed by atoms with Gasteiger partial charge in [0.1, 0.15) is 18.0 Å². The molecule has 2 aromatic heterocycles. The number of urea groups is 1. The fourth-order valence-corrected chi connectivity index (χ4v) is 4.18. The van der Waals surface area contributed by atoms with E-state index >= 15 is 0 Å². The first-order valence-electron chi connectivity index (χ1n) is 13.4. The van der Waals surface area contributed by atoms with Gasteiger partial charge in [0.05, 0.1) is 11.3 Å². The van der Waals surface area contributed by atoms with Gasteiger partial charge in [0.2, 0.25) is 0 Å². The minimum Gasteiger partial charge on any atom is -0.373 e.